The molecule has 104 valence electrons. The van der Waals surface area contributed by atoms with Crippen LogP contribution < -0.4 is 0 Å². The summed E-state index contributed by atoms with van der Waals surface area (Å²) in [6, 6.07) is 0.513. The summed E-state index contributed by atoms with van der Waals surface area (Å²) in [5.41, 5.74) is 0. The van der Waals surface area contributed by atoms with Crippen LogP contribution in [0.15, 0.2) is 0 Å². The first kappa shape index (κ1) is 12.8. The lowest BCUT2D eigenvalue weighted by Crippen LogP contribution is -2.43. The van der Waals surface area contributed by atoms with E-state index in [1.165, 1.54) is 32.1 Å². The molecule has 2 atom stereocenters. The summed E-state index contributed by atoms with van der Waals surface area (Å²) in [5, 5.41) is -0.237. The molecule has 0 amide bonds. The number of hydrogen-bond donors (Lipinski definition) is 0. The summed E-state index contributed by atoms with van der Waals surface area (Å²) < 4.78 is 31.7. The average Bonchev–Trinajstić information content (AvgIpc) is 3.22. The Morgan fingerprint density at radius 3 is 2.33 bits per heavy atom. The van der Waals surface area contributed by atoms with Crippen LogP contribution in [0.25, 0.3) is 0 Å². The van der Waals surface area contributed by atoms with Crippen LogP contribution in [0.5, 0.6) is 0 Å². The summed E-state index contributed by atoms with van der Waals surface area (Å²) in [6.07, 6.45) is 6.17. The molecule has 0 spiro atoms. The van der Waals surface area contributed by atoms with Crippen LogP contribution in [-0.4, -0.2) is 61.9 Å². The van der Waals surface area contributed by atoms with Gasteiger partial charge in [-0.3, -0.25) is 4.90 Å². The molecule has 0 aromatic carbocycles. The topological polar surface area (TPSA) is 49.6 Å². The molecular formula is C12H22N2O3S. The summed E-state index contributed by atoms with van der Waals surface area (Å²) in [6.45, 7) is 2.86. The van der Waals surface area contributed by atoms with E-state index in [0.717, 1.165) is 6.54 Å². The average molecular weight is 274 g/mol. The molecule has 1 aliphatic carbocycles. The van der Waals surface area contributed by atoms with Crippen LogP contribution in [0.2, 0.25) is 0 Å². The third-order valence-electron chi connectivity index (χ3n) is 4.32. The fraction of sp³-hybridized carbons (Fsp3) is 1.00. The van der Waals surface area contributed by atoms with Crippen molar-refractivity contribution in [1.82, 2.24) is 9.21 Å². The Hall–Kier alpha value is -0.170. The van der Waals surface area contributed by atoms with Crippen LogP contribution in [0.1, 0.15) is 32.1 Å². The van der Waals surface area contributed by atoms with Gasteiger partial charge in [-0.15, -0.1) is 0 Å². The van der Waals surface area contributed by atoms with Crippen molar-refractivity contribution < 1.29 is 13.2 Å². The molecule has 3 fully saturated rings. The fourth-order valence-corrected chi connectivity index (χ4v) is 5.05. The Morgan fingerprint density at radius 2 is 1.67 bits per heavy atom. The molecule has 1 saturated carbocycles. The maximum absolute atomic E-state index is 12.4. The van der Waals surface area contributed by atoms with Crippen LogP contribution in [0.4, 0.5) is 0 Å². The summed E-state index contributed by atoms with van der Waals surface area (Å²) in [5.74, 6) is 0. The number of ether oxygens (including phenoxy) is 1. The smallest absolute Gasteiger partial charge is 0.231 e. The van der Waals surface area contributed by atoms with Crippen molar-refractivity contribution in [3.63, 3.8) is 0 Å². The number of rotatable bonds is 3. The highest BCUT2D eigenvalue weighted by Crippen LogP contribution is 2.35. The molecule has 2 heterocycles. The lowest BCUT2D eigenvalue weighted by Gasteiger charge is -2.28. The monoisotopic (exact) mass is 274 g/mol. The molecular weight excluding hydrogens is 252 g/mol. The van der Waals surface area contributed by atoms with Gasteiger partial charge in [-0.1, -0.05) is 19.3 Å². The molecule has 2 aliphatic heterocycles. The quantitative estimate of drug-likeness (QED) is 0.708. The highest BCUT2D eigenvalue weighted by Gasteiger charge is 2.50. The Kier molecular flexibility index (Phi) is 3.62. The van der Waals surface area contributed by atoms with Gasteiger partial charge in [0.2, 0.25) is 10.0 Å². The third-order valence-corrected chi connectivity index (χ3v) is 6.51. The van der Waals surface area contributed by atoms with Crippen LogP contribution in [-0.2, 0) is 14.8 Å². The summed E-state index contributed by atoms with van der Waals surface area (Å²) in [4.78, 5) is 2.18. The van der Waals surface area contributed by atoms with Crippen molar-refractivity contribution in [1.29, 1.82) is 0 Å². The Balaban J connectivity index is 1.61. The first-order valence-corrected chi connectivity index (χ1v) is 8.52. The zero-order chi connectivity index (χ0) is 12.6. The fourth-order valence-electron chi connectivity index (χ4n) is 3.17. The number of hydrogen-bond acceptors (Lipinski definition) is 4. The molecule has 6 heteroatoms. The minimum absolute atomic E-state index is 0.237. The summed E-state index contributed by atoms with van der Waals surface area (Å²) >= 11 is 0. The molecule has 3 aliphatic rings. The predicted octanol–water partition coefficient (Wildman–Crippen LogP) is 0.623. The largest absolute Gasteiger partial charge is 0.379 e. The normalized spacial score (nSPS) is 35.6. The molecule has 0 N–H and O–H groups in total. The van der Waals surface area contributed by atoms with Gasteiger partial charge in [0.1, 0.15) is 5.37 Å². The standard InChI is InChI=1S/C12H22N2O3S/c15-18(16,13-6-8-17-9-7-13)12-10-14(12)11-4-2-1-3-5-11/h11-12H,1-10H2. The van der Waals surface area contributed by atoms with Crippen molar-refractivity contribution in [2.75, 3.05) is 32.8 Å². The predicted molar refractivity (Wildman–Crippen MR) is 68.7 cm³/mol. The van der Waals surface area contributed by atoms with Crippen LogP contribution in [0.3, 0.4) is 0 Å². The SMILES string of the molecule is O=S(=O)(C1CN1C1CCCCC1)N1CCOCC1. The number of sulfonamides is 1. The van der Waals surface area contributed by atoms with E-state index < -0.39 is 10.0 Å². The van der Waals surface area contributed by atoms with Gasteiger partial charge in [0, 0.05) is 25.7 Å². The second kappa shape index (κ2) is 5.07. The van der Waals surface area contributed by atoms with Gasteiger partial charge in [-0.05, 0) is 12.8 Å². The first-order chi connectivity index (χ1) is 8.69. The molecule has 0 aromatic heterocycles. The Bertz CT molecular complexity index is 386. The van der Waals surface area contributed by atoms with Crippen molar-refractivity contribution in [3.05, 3.63) is 0 Å². The van der Waals surface area contributed by atoms with E-state index in [-0.39, 0.29) is 5.37 Å². The molecule has 18 heavy (non-hydrogen) atoms. The molecule has 0 radical (unpaired) electrons. The molecule has 0 bridgehead atoms. The highest BCUT2D eigenvalue weighted by atomic mass is 32.2. The lowest BCUT2D eigenvalue weighted by atomic mass is 9.96. The zero-order valence-electron chi connectivity index (χ0n) is 10.8. The summed E-state index contributed by atoms with van der Waals surface area (Å²) in [7, 11) is -3.11. The lowest BCUT2D eigenvalue weighted by molar-refractivity contribution is 0.0726. The maximum Gasteiger partial charge on any atom is 0.231 e. The van der Waals surface area contributed by atoms with E-state index in [9.17, 15) is 8.42 Å². The van der Waals surface area contributed by atoms with Crippen molar-refractivity contribution in [3.8, 4) is 0 Å². The molecule has 0 aromatic rings. The third kappa shape index (κ3) is 2.43. The van der Waals surface area contributed by atoms with Gasteiger partial charge in [0.15, 0.2) is 0 Å². The van der Waals surface area contributed by atoms with Gasteiger partial charge in [0.25, 0.3) is 0 Å². The van der Waals surface area contributed by atoms with E-state index in [0.29, 0.717) is 32.3 Å². The number of nitrogens with zero attached hydrogens (tertiary/aromatic N) is 2. The van der Waals surface area contributed by atoms with Crippen molar-refractivity contribution in [2.24, 2.45) is 0 Å². The van der Waals surface area contributed by atoms with Gasteiger partial charge in [-0.25, -0.2) is 8.42 Å². The van der Waals surface area contributed by atoms with Crippen LogP contribution >= 0.6 is 0 Å². The van der Waals surface area contributed by atoms with E-state index >= 15 is 0 Å². The minimum Gasteiger partial charge on any atom is -0.379 e. The first-order valence-electron chi connectivity index (χ1n) is 7.02. The molecule has 3 rings (SSSR count). The van der Waals surface area contributed by atoms with Gasteiger partial charge < -0.3 is 4.74 Å². The van der Waals surface area contributed by atoms with E-state index in [1.807, 2.05) is 0 Å². The molecule has 5 nitrogen and oxygen atoms in total. The molecule has 2 saturated heterocycles. The second-order valence-electron chi connectivity index (χ2n) is 5.50. The van der Waals surface area contributed by atoms with Gasteiger partial charge in [0.05, 0.1) is 13.2 Å². The highest BCUT2D eigenvalue weighted by molar-refractivity contribution is 7.90. The maximum atomic E-state index is 12.4. The van der Waals surface area contributed by atoms with E-state index in [1.54, 1.807) is 4.31 Å². The second-order valence-corrected chi connectivity index (χ2v) is 7.59. The number of morpholine rings is 1. The van der Waals surface area contributed by atoms with Crippen LogP contribution in [0, 0.1) is 0 Å². The van der Waals surface area contributed by atoms with Crippen molar-refractivity contribution >= 4 is 10.0 Å². The molecule has 2 unspecified atom stereocenters. The van der Waals surface area contributed by atoms with Gasteiger partial charge >= 0.3 is 0 Å². The zero-order valence-corrected chi connectivity index (χ0v) is 11.6. The van der Waals surface area contributed by atoms with E-state index in [4.69, 9.17) is 4.74 Å². The Morgan fingerprint density at radius 1 is 1.00 bits per heavy atom. The van der Waals surface area contributed by atoms with E-state index in [2.05, 4.69) is 4.90 Å². The van der Waals surface area contributed by atoms with Crippen molar-refractivity contribution in [2.45, 2.75) is 43.5 Å². The minimum atomic E-state index is -3.11. The Labute approximate surface area is 109 Å². The van der Waals surface area contributed by atoms with Gasteiger partial charge in [-0.2, -0.15) is 4.31 Å².